The summed E-state index contributed by atoms with van der Waals surface area (Å²) in [7, 11) is 0. The lowest BCUT2D eigenvalue weighted by Crippen LogP contribution is -2.32. The van der Waals surface area contributed by atoms with Gasteiger partial charge in [0.2, 0.25) is 0 Å². The second-order valence-corrected chi connectivity index (χ2v) is 18.1. The summed E-state index contributed by atoms with van der Waals surface area (Å²) in [5.41, 5.74) is 21.5. The number of hydrogen-bond acceptors (Lipinski definition) is 2. The molecule has 0 saturated carbocycles. The van der Waals surface area contributed by atoms with Crippen LogP contribution in [0.4, 0.5) is 17.1 Å². The highest BCUT2D eigenvalue weighted by Gasteiger charge is 2.53. The molecule has 2 nitrogen and oxygen atoms in total. The summed E-state index contributed by atoms with van der Waals surface area (Å²) in [5, 5.41) is 4.86. The minimum Gasteiger partial charge on any atom is -0.454 e. The fourth-order valence-electron chi connectivity index (χ4n) is 11.8. The summed E-state index contributed by atoms with van der Waals surface area (Å²) in [5.74, 6) is 7.71. The highest BCUT2D eigenvalue weighted by Crippen LogP contribution is 2.65. The van der Waals surface area contributed by atoms with Crippen LogP contribution in [0, 0.1) is 11.8 Å². The number of hydrogen-bond donors (Lipinski definition) is 0. The standard InChI is InChI=1S/C62H45NO/c1-39(2)40-32-34-41(35-33-40)63(57-30-17-27-52-49-23-14-16-31-58(49)64-61(52)57)42-36-37-48-44-19-8-7-18-43(44)47-22-5-3-4-6-28-54(47)62(56(48)38-42)55-29-15-13-26-53(55)59-50-24-11-9-20-45(50)46-21-10-12-25-51(46)60(59)62/h5,7-11,13-24,26-27,29-39H,3,12,25,28H2,1-2H3/b22-5-. The molecular formula is C62H45NO. The number of fused-ring (bicyclic) bond motifs is 19. The number of para-hydroxylation sites is 2. The number of allylic oxidation sites excluding steroid dienone is 5. The quantitative estimate of drug-likeness (QED) is 0.165. The van der Waals surface area contributed by atoms with Crippen LogP contribution < -0.4 is 4.90 Å². The molecule has 0 saturated heterocycles. The van der Waals surface area contributed by atoms with Gasteiger partial charge in [0, 0.05) is 35.0 Å². The van der Waals surface area contributed by atoms with Gasteiger partial charge in [-0.05, 0) is 138 Å². The zero-order valence-electron chi connectivity index (χ0n) is 36.1. The molecule has 1 heterocycles. The molecule has 0 N–H and O–H groups in total. The third-order valence-corrected chi connectivity index (χ3v) is 14.5. The van der Waals surface area contributed by atoms with Crippen molar-refractivity contribution in [3.63, 3.8) is 0 Å². The first kappa shape index (κ1) is 37.0. The van der Waals surface area contributed by atoms with Gasteiger partial charge in [-0.3, -0.25) is 0 Å². The summed E-state index contributed by atoms with van der Waals surface area (Å²) >= 11 is 0. The first-order chi connectivity index (χ1) is 31.6. The van der Waals surface area contributed by atoms with E-state index in [2.05, 4.69) is 213 Å². The Labute approximate surface area is 374 Å². The second kappa shape index (κ2) is 14.2. The molecule has 2 heteroatoms. The highest BCUT2D eigenvalue weighted by atomic mass is 16.3. The number of furan rings is 1. The molecule has 1 aromatic heterocycles. The van der Waals surface area contributed by atoms with Crippen molar-refractivity contribution in [2.45, 2.75) is 50.9 Å². The molecule has 0 aliphatic heterocycles. The van der Waals surface area contributed by atoms with E-state index in [-0.39, 0.29) is 0 Å². The maximum absolute atomic E-state index is 6.86. The van der Waals surface area contributed by atoms with Crippen LogP contribution >= 0.6 is 0 Å². The predicted octanol–water partition coefficient (Wildman–Crippen LogP) is 16.4. The Morgan fingerprint density at radius 1 is 0.594 bits per heavy atom. The van der Waals surface area contributed by atoms with Gasteiger partial charge in [0.05, 0.1) is 11.1 Å². The number of benzene rings is 8. The number of nitrogens with zero attached hydrogens (tertiary/aromatic N) is 1. The van der Waals surface area contributed by atoms with Gasteiger partial charge >= 0.3 is 0 Å². The summed E-state index contributed by atoms with van der Waals surface area (Å²) < 4.78 is 6.86. The molecule has 0 fully saturated rings. The lowest BCUT2D eigenvalue weighted by molar-refractivity contribution is 0.669. The van der Waals surface area contributed by atoms with Gasteiger partial charge in [0.1, 0.15) is 5.58 Å². The second-order valence-electron chi connectivity index (χ2n) is 18.1. The maximum atomic E-state index is 6.86. The molecule has 304 valence electrons. The Hall–Kier alpha value is -7.60. The van der Waals surface area contributed by atoms with Crippen LogP contribution in [0.25, 0.3) is 66.6 Å². The minimum atomic E-state index is -0.667. The minimum absolute atomic E-state index is 0.413. The molecule has 4 aliphatic rings. The monoisotopic (exact) mass is 819 g/mol. The predicted molar refractivity (Wildman–Crippen MR) is 268 cm³/mol. The SMILES string of the molecule is CC(C)c1ccc(N(c2ccc3c(c2)C2(C4=C(/C=C\CC#CC4)c4ccccc4-3)c3ccccc3-c3c2c2c(c4ccccc34)C=CCC2)c2cccc3c2oc2ccccc23)cc1. The van der Waals surface area contributed by atoms with Crippen molar-refractivity contribution < 1.29 is 4.42 Å². The van der Waals surface area contributed by atoms with Crippen LogP contribution in [0.1, 0.15) is 78.0 Å². The van der Waals surface area contributed by atoms with E-state index in [1.165, 1.54) is 83.1 Å². The summed E-state index contributed by atoms with van der Waals surface area (Å²) in [6.07, 6.45) is 12.8. The fraction of sp³-hybridized carbons (Fsp3) is 0.129. The Morgan fingerprint density at radius 3 is 2.19 bits per heavy atom. The first-order valence-corrected chi connectivity index (χ1v) is 22.9. The van der Waals surface area contributed by atoms with E-state index in [0.717, 1.165) is 58.3 Å². The molecule has 1 unspecified atom stereocenters. The largest absolute Gasteiger partial charge is 0.454 e. The van der Waals surface area contributed by atoms with Crippen molar-refractivity contribution in [1.29, 1.82) is 0 Å². The number of rotatable bonds is 4. The van der Waals surface area contributed by atoms with Crippen LogP contribution in [-0.4, -0.2) is 0 Å². The van der Waals surface area contributed by atoms with Crippen molar-refractivity contribution in [1.82, 2.24) is 0 Å². The molecule has 4 aliphatic carbocycles. The summed E-state index contributed by atoms with van der Waals surface area (Å²) in [6, 6.07) is 59.0. The molecule has 13 rings (SSSR count). The van der Waals surface area contributed by atoms with Crippen LogP contribution in [0.3, 0.4) is 0 Å². The molecule has 8 aromatic carbocycles. The maximum Gasteiger partial charge on any atom is 0.159 e. The molecular weight excluding hydrogens is 775 g/mol. The van der Waals surface area contributed by atoms with E-state index < -0.39 is 5.41 Å². The summed E-state index contributed by atoms with van der Waals surface area (Å²) in [6.45, 7) is 4.53. The first-order valence-electron chi connectivity index (χ1n) is 22.9. The van der Waals surface area contributed by atoms with Gasteiger partial charge in [-0.25, -0.2) is 0 Å². The van der Waals surface area contributed by atoms with E-state index in [4.69, 9.17) is 4.42 Å². The lowest BCUT2D eigenvalue weighted by atomic mass is 9.62. The van der Waals surface area contributed by atoms with Crippen LogP contribution in [0.2, 0.25) is 0 Å². The Morgan fingerprint density at radius 2 is 1.33 bits per heavy atom. The third kappa shape index (κ3) is 5.16. The smallest absolute Gasteiger partial charge is 0.159 e. The van der Waals surface area contributed by atoms with Crippen LogP contribution in [0.5, 0.6) is 0 Å². The van der Waals surface area contributed by atoms with Crippen LogP contribution in [0.15, 0.2) is 186 Å². The van der Waals surface area contributed by atoms with Crippen molar-refractivity contribution >= 4 is 61.4 Å². The Balaban J connectivity index is 1.21. The van der Waals surface area contributed by atoms with E-state index in [1.807, 2.05) is 0 Å². The normalized spacial score (nSPS) is 17.2. The van der Waals surface area contributed by atoms with Crippen molar-refractivity contribution in [2.24, 2.45) is 0 Å². The van der Waals surface area contributed by atoms with Gasteiger partial charge in [0.25, 0.3) is 0 Å². The number of anilines is 3. The van der Waals surface area contributed by atoms with Gasteiger partial charge in [-0.1, -0.05) is 171 Å². The molecule has 64 heavy (non-hydrogen) atoms. The molecule has 1 atom stereocenters. The molecule has 0 radical (unpaired) electrons. The zero-order valence-corrected chi connectivity index (χ0v) is 36.1. The van der Waals surface area contributed by atoms with Crippen molar-refractivity contribution in [3.8, 4) is 34.1 Å². The average Bonchev–Trinajstić information content (AvgIpc) is 3.84. The van der Waals surface area contributed by atoms with E-state index in [0.29, 0.717) is 12.3 Å². The third-order valence-electron chi connectivity index (χ3n) is 14.5. The van der Waals surface area contributed by atoms with Crippen molar-refractivity contribution in [3.05, 3.63) is 220 Å². The van der Waals surface area contributed by atoms with Gasteiger partial charge < -0.3 is 9.32 Å². The highest BCUT2D eigenvalue weighted by molar-refractivity contribution is 6.12. The van der Waals surface area contributed by atoms with Crippen LogP contribution in [-0.2, 0) is 11.8 Å². The summed E-state index contributed by atoms with van der Waals surface area (Å²) in [4.78, 5) is 2.44. The van der Waals surface area contributed by atoms with E-state index >= 15 is 0 Å². The molecule has 0 bridgehead atoms. The molecule has 1 spiro atoms. The Kier molecular flexibility index (Phi) is 8.22. The topological polar surface area (TPSA) is 16.4 Å². The van der Waals surface area contributed by atoms with Crippen molar-refractivity contribution in [2.75, 3.05) is 4.90 Å². The lowest BCUT2D eigenvalue weighted by Gasteiger charge is -2.39. The van der Waals surface area contributed by atoms with Gasteiger partial charge in [0.15, 0.2) is 5.58 Å². The molecule has 0 amide bonds. The Bertz CT molecular complexity index is 3600. The molecule has 9 aromatic rings. The average molecular weight is 820 g/mol. The van der Waals surface area contributed by atoms with Gasteiger partial charge in [-0.15, -0.1) is 0 Å². The van der Waals surface area contributed by atoms with E-state index in [1.54, 1.807) is 0 Å². The van der Waals surface area contributed by atoms with E-state index in [9.17, 15) is 0 Å². The zero-order chi connectivity index (χ0) is 42.5. The van der Waals surface area contributed by atoms with Gasteiger partial charge in [-0.2, -0.15) is 0 Å². The fourth-order valence-corrected chi connectivity index (χ4v) is 11.8.